The van der Waals surface area contributed by atoms with Gasteiger partial charge in [0.05, 0.1) is 0 Å². The van der Waals surface area contributed by atoms with Crippen molar-refractivity contribution in [1.29, 1.82) is 0 Å². The maximum atomic E-state index is 12.6. The highest BCUT2D eigenvalue weighted by Crippen LogP contribution is 2.20. The number of aryl methyl sites for hydroxylation is 1. The second-order valence-corrected chi connectivity index (χ2v) is 7.32. The van der Waals surface area contributed by atoms with E-state index in [-0.39, 0.29) is 17.9 Å². The molecule has 27 heavy (non-hydrogen) atoms. The minimum absolute atomic E-state index is 0.00989. The Morgan fingerprint density at radius 2 is 1.93 bits per heavy atom. The van der Waals surface area contributed by atoms with Gasteiger partial charge in [-0.1, -0.05) is 54.2 Å². The van der Waals surface area contributed by atoms with Crippen molar-refractivity contribution < 1.29 is 4.79 Å². The maximum Gasteiger partial charge on any atom is 0.254 e. The molecule has 2 aromatic carbocycles. The zero-order valence-electron chi connectivity index (χ0n) is 15.8. The molecular formula is C21H23N3O2S. The molecule has 1 aromatic heterocycles. The molecule has 0 unspecified atom stereocenters. The molecule has 0 aliphatic heterocycles. The van der Waals surface area contributed by atoms with Crippen molar-refractivity contribution in [2.75, 3.05) is 13.3 Å². The molecule has 0 bridgehead atoms. The topological polar surface area (TPSA) is 66.1 Å². The Hall–Kier alpha value is -2.60. The maximum absolute atomic E-state index is 12.6. The smallest absolute Gasteiger partial charge is 0.254 e. The number of amides is 1. The molecule has 1 heterocycles. The molecule has 0 radical (unpaired) electrons. The largest absolute Gasteiger partial charge is 0.341 e. The fraction of sp³-hybridized carbons (Fsp3) is 0.286. The number of aromatic nitrogens is 2. The van der Waals surface area contributed by atoms with Gasteiger partial charge < -0.3 is 9.88 Å². The van der Waals surface area contributed by atoms with Crippen LogP contribution in [0.4, 0.5) is 0 Å². The molecule has 1 N–H and O–H groups in total. The monoisotopic (exact) mass is 381 g/mol. The van der Waals surface area contributed by atoms with E-state index in [1.165, 1.54) is 11.8 Å². The van der Waals surface area contributed by atoms with Gasteiger partial charge in [0.25, 0.3) is 5.56 Å². The van der Waals surface area contributed by atoms with E-state index in [2.05, 4.69) is 28.2 Å². The fourth-order valence-electron chi connectivity index (χ4n) is 3.17. The molecule has 0 saturated heterocycles. The van der Waals surface area contributed by atoms with Gasteiger partial charge in [0.2, 0.25) is 5.91 Å². The predicted octanol–water partition coefficient (Wildman–Crippen LogP) is 3.54. The van der Waals surface area contributed by atoms with Gasteiger partial charge in [-0.25, -0.2) is 4.98 Å². The van der Waals surface area contributed by atoms with Crippen LogP contribution in [0.25, 0.3) is 10.8 Å². The summed E-state index contributed by atoms with van der Waals surface area (Å²) in [6.07, 6.45) is 2.54. The quantitative estimate of drug-likeness (QED) is 0.524. The third-order valence-electron chi connectivity index (χ3n) is 4.70. The first-order chi connectivity index (χ1) is 13.0. The van der Waals surface area contributed by atoms with Crippen LogP contribution in [-0.4, -0.2) is 34.1 Å². The fourth-order valence-corrected chi connectivity index (χ4v) is 3.60. The van der Waals surface area contributed by atoms with Crippen molar-refractivity contribution in [3.8, 4) is 0 Å². The number of aromatic amines is 1. The first-order valence-corrected chi connectivity index (χ1v) is 10.1. The highest BCUT2D eigenvalue weighted by Gasteiger charge is 2.14. The second kappa shape index (κ2) is 8.39. The van der Waals surface area contributed by atoms with Crippen LogP contribution in [0.2, 0.25) is 0 Å². The van der Waals surface area contributed by atoms with Gasteiger partial charge >= 0.3 is 0 Å². The van der Waals surface area contributed by atoms with Crippen LogP contribution < -0.4 is 5.56 Å². The van der Waals surface area contributed by atoms with Gasteiger partial charge in [-0.05, 0) is 35.9 Å². The highest BCUT2D eigenvalue weighted by molar-refractivity contribution is 7.98. The van der Waals surface area contributed by atoms with Gasteiger partial charge in [-0.3, -0.25) is 9.59 Å². The Morgan fingerprint density at radius 3 is 2.67 bits per heavy atom. The second-order valence-electron chi connectivity index (χ2n) is 6.53. The van der Waals surface area contributed by atoms with E-state index in [1.54, 1.807) is 11.9 Å². The first-order valence-electron chi connectivity index (χ1n) is 8.84. The van der Waals surface area contributed by atoms with Crippen LogP contribution in [0.15, 0.2) is 52.4 Å². The standard InChI is InChI=1S/C21H23N3O2S/c1-14-17(20(26)23-21(22-14)27-3)11-12-19(25)24(2)13-16-9-6-8-15-7-4-5-10-18(15)16/h4-10H,11-13H2,1-3H3,(H,22,23,26). The number of hydrogen-bond acceptors (Lipinski definition) is 4. The number of H-pyrrole nitrogens is 1. The summed E-state index contributed by atoms with van der Waals surface area (Å²) in [5.41, 5.74) is 2.23. The number of carbonyl (C=O) groups excluding carboxylic acids is 1. The van der Waals surface area contributed by atoms with E-state index in [9.17, 15) is 9.59 Å². The summed E-state index contributed by atoms with van der Waals surface area (Å²) in [6, 6.07) is 14.3. The predicted molar refractivity (Wildman–Crippen MR) is 110 cm³/mol. The lowest BCUT2D eigenvalue weighted by Gasteiger charge is -2.18. The van der Waals surface area contributed by atoms with E-state index >= 15 is 0 Å². The minimum atomic E-state index is -0.156. The lowest BCUT2D eigenvalue weighted by Crippen LogP contribution is -2.27. The summed E-state index contributed by atoms with van der Waals surface area (Å²) in [4.78, 5) is 33.6. The number of nitrogens with one attached hydrogen (secondary N) is 1. The minimum Gasteiger partial charge on any atom is -0.341 e. The average Bonchev–Trinajstić information content (AvgIpc) is 2.67. The van der Waals surface area contributed by atoms with Crippen LogP contribution in [0.5, 0.6) is 0 Å². The molecule has 1 amide bonds. The average molecular weight is 382 g/mol. The zero-order chi connectivity index (χ0) is 19.4. The summed E-state index contributed by atoms with van der Waals surface area (Å²) in [5, 5.41) is 2.92. The molecule has 0 aliphatic rings. The summed E-state index contributed by atoms with van der Waals surface area (Å²) in [5.74, 6) is 0.00989. The van der Waals surface area contributed by atoms with E-state index in [4.69, 9.17) is 0 Å². The van der Waals surface area contributed by atoms with Crippen molar-refractivity contribution in [1.82, 2.24) is 14.9 Å². The molecule has 3 rings (SSSR count). The van der Waals surface area contributed by atoms with Crippen LogP contribution in [0.3, 0.4) is 0 Å². The Balaban J connectivity index is 1.69. The number of fused-ring (bicyclic) bond motifs is 1. The van der Waals surface area contributed by atoms with Gasteiger partial charge in [0.1, 0.15) is 0 Å². The molecule has 0 aliphatic carbocycles. The molecule has 0 atom stereocenters. The molecule has 0 fully saturated rings. The number of nitrogens with zero attached hydrogens (tertiary/aromatic N) is 2. The van der Waals surface area contributed by atoms with E-state index in [0.717, 1.165) is 16.3 Å². The van der Waals surface area contributed by atoms with Crippen LogP contribution in [0, 0.1) is 6.92 Å². The third-order valence-corrected chi connectivity index (χ3v) is 5.28. The summed E-state index contributed by atoms with van der Waals surface area (Å²) in [6.45, 7) is 2.35. The van der Waals surface area contributed by atoms with E-state index in [1.807, 2.05) is 37.4 Å². The van der Waals surface area contributed by atoms with Crippen molar-refractivity contribution >= 4 is 28.4 Å². The number of thioether (sulfide) groups is 1. The Kier molecular flexibility index (Phi) is 5.96. The van der Waals surface area contributed by atoms with Crippen molar-refractivity contribution in [3.63, 3.8) is 0 Å². The molecule has 0 spiro atoms. The summed E-state index contributed by atoms with van der Waals surface area (Å²) >= 11 is 1.40. The Morgan fingerprint density at radius 1 is 1.19 bits per heavy atom. The molecular weight excluding hydrogens is 358 g/mol. The van der Waals surface area contributed by atoms with Gasteiger partial charge in [0, 0.05) is 31.3 Å². The highest BCUT2D eigenvalue weighted by atomic mass is 32.2. The molecule has 6 heteroatoms. The van der Waals surface area contributed by atoms with Crippen LogP contribution >= 0.6 is 11.8 Å². The Labute approximate surface area is 162 Å². The molecule has 140 valence electrons. The first kappa shape index (κ1) is 19.2. The third kappa shape index (κ3) is 4.39. The normalized spacial score (nSPS) is 10.9. The van der Waals surface area contributed by atoms with Crippen molar-refractivity contribution in [2.45, 2.75) is 31.5 Å². The number of hydrogen-bond donors (Lipinski definition) is 1. The SMILES string of the molecule is CSc1nc(C)c(CCC(=O)N(C)Cc2cccc3ccccc23)c(=O)[nH]1. The summed E-state index contributed by atoms with van der Waals surface area (Å²) < 4.78 is 0. The number of carbonyl (C=O) groups is 1. The Bertz CT molecular complexity index is 1020. The van der Waals surface area contributed by atoms with Crippen molar-refractivity contribution in [2.24, 2.45) is 0 Å². The van der Waals surface area contributed by atoms with E-state index in [0.29, 0.717) is 29.4 Å². The molecule has 5 nitrogen and oxygen atoms in total. The molecule has 3 aromatic rings. The van der Waals surface area contributed by atoms with Gasteiger partial charge in [-0.2, -0.15) is 0 Å². The summed E-state index contributed by atoms with van der Waals surface area (Å²) in [7, 11) is 1.80. The lowest BCUT2D eigenvalue weighted by atomic mass is 10.0. The zero-order valence-corrected chi connectivity index (χ0v) is 16.6. The van der Waals surface area contributed by atoms with Gasteiger partial charge in [-0.15, -0.1) is 0 Å². The number of rotatable bonds is 6. The van der Waals surface area contributed by atoms with E-state index < -0.39 is 0 Å². The number of benzene rings is 2. The van der Waals surface area contributed by atoms with Gasteiger partial charge in [0.15, 0.2) is 5.16 Å². The lowest BCUT2D eigenvalue weighted by molar-refractivity contribution is -0.130. The van der Waals surface area contributed by atoms with Crippen molar-refractivity contribution in [3.05, 3.63) is 69.6 Å². The molecule has 0 saturated carbocycles. The van der Waals surface area contributed by atoms with Crippen LogP contribution in [0.1, 0.15) is 23.2 Å². The van der Waals surface area contributed by atoms with Crippen LogP contribution in [-0.2, 0) is 17.8 Å².